The molecule has 1 aromatic heterocycles. The Balaban J connectivity index is 1.50. The monoisotopic (exact) mass is 532 g/mol. The zero-order valence-corrected chi connectivity index (χ0v) is 19.0. The zero-order valence-electron chi connectivity index (χ0n) is 18.2. The smallest absolute Gasteiger partial charge is 0.351 e. The number of hydrogen-bond acceptors (Lipinski definition) is 4. The van der Waals surface area contributed by atoms with Gasteiger partial charge in [0.15, 0.2) is 0 Å². The van der Waals surface area contributed by atoms with Crippen molar-refractivity contribution in [2.75, 3.05) is 6.54 Å². The fraction of sp³-hybridized carbons (Fsp3) is 0.273. The minimum Gasteiger partial charge on any atom is -0.351 e. The Hall–Kier alpha value is -3.39. The third-order valence-corrected chi connectivity index (χ3v) is 7.40. The summed E-state index contributed by atoms with van der Waals surface area (Å²) in [7, 11) is -4.32. The van der Waals surface area contributed by atoms with Crippen molar-refractivity contribution in [2.24, 2.45) is 0 Å². The number of hydrogen-bond donors (Lipinski definition) is 1. The van der Waals surface area contributed by atoms with E-state index in [2.05, 4.69) is 10.4 Å². The van der Waals surface area contributed by atoms with Crippen molar-refractivity contribution in [3.05, 3.63) is 77.6 Å². The number of sulfonamides is 1. The van der Waals surface area contributed by atoms with E-state index in [1.165, 1.54) is 6.07 Å². The molecule has 1 fully saturated rings. The van der Waals surface area contributed by atoms with Crippen LogP contribution in [0.25, 0.3) is 5.69 Å². The maximum Gasteiger partial charge on any atom is 0.419 e. The van der Waals surface area contributed by atoms with Crippen LogP contribution in [0.2, 0.25) is 0 Å². The summed E-state index contributed by atoms with van der Waals surface area (Å²) in [6, 6.07) is 5.68. The average molecular weight is 532 g/mol. The standard InChI is InChI=1S/C22H18F6N4O3S/c23-15-1-3-19(4-2-15)36(34,35)32-12-17(25)8-20(32)21(33)29-9-13-5-16(24)7-18(6-13)31-11-14(10-30-31)22(26,27)28/h1-7,10-11,17,20H,8-9,12H2,(H,29,33). The van der Waals surface area contributed by atoms with E-state index in [0.29, 0.717) is 16.7 Å². The van der Waals surface area contributed by atoms with E-state index < -0.39 is 64.5 Å². The van der Waals surface area contributed by atoms with Gasteiger partial charge >= 0.3 is 6.18 Å². The van der Waals surface area contributed by atoms with Crippen LogP contribution < -0.4 is 5.32 Å². The summed E-state index contributed by atoms with van der Waals surface area (Å²) in [6.45, 7) is -0.905. The average Bonchev–Trinajstić information content (AvgIpc) is 3.45. The minimum absolute atomic E-state index is 0.0417. The second kappa shape index (κ2) is 9.58. The molecule has 1 aliphatic rings. The fourth-order valence-corrected chi connectivity index (χ4v) is 5.41. The maximum absolute atomic E-state index is 14.2. The zero-order chi connectivity index (χ0) is 26.3. The molecular weight excluding hydrogens is 514 g/mol. The summed E-state index contributed by atoms with van der Waals surface area (Å²) < 4.78 is 107. The number of aromatic nitrogens is 2. The second-order valence-electron chi connectivity index (χ2n) is 8.08. The Bertz CT molecular complexity index is 1380. The molecule has 7 nitrogen and oxygen atoms in total. The molecule has 0 aliphatic carbocycles. The van der Waals surface area contributed by atoms with Crippen LogP contribution in [0.15, 0.2) is 59.8 Å². The van der Waals surface area contributed by atoms with Crippen LogP contribution in [0.1, 0.15) is 17.5 Å². The summed E-state index contributed by atoms with van der Waals surface area (Å²) in [5.74, 6) is -2.34. The molecule has 192 valence electrons. The van der Waals surface area contributed by atoms with Gasteiger partial charge in [0.25, 0.3) is 0 Å². The van der Waals surface area contributed by atoms with E-state index in [4.69, 9.17) is 0 Å². The first-order chi connectivity index (χ1) is 16.8. The predicted octanol–water partition coefficient (Wildman–Crippen LogP) is 3.59. The van der Waals surface area contributed by atoms with E-state index >= 15 is 0 Å². The lowest BCUT2D eigenvalue weighted by molar-refractivity contribution is -0.137. The topological polar surface area (TPSA) is 84.3 Å². The lowest BCUT2D eigenvalue weighted by atomic mass is 10.1. The van der Waals surface area contributed by atoms with Crippen molar-refractivity contribution in [3.8, 4) is 5.69 Å². The van der Waals surface area contributed by atoms with Crippen LogP contribution in [0.4, 0.5) is 26.3 Å². The van der Waals surface area contributed by atoms with Crippen molar-refractivity contribution in [2.45, 2.75) is 36.3 Å². The molecule has 0 bridgehead atoms. The van der Waals surface area contributed by atoms with Crippen molar-refractivity contribution >= 4 is 15.9 Å². The lowest BCUT2D eigenvalue weighted by Crippen LogP contribution is -2.45. The quantitative estimate of drug-likeness (QED) is 0.492. The van der Waals surface area contributed by atoms with Gasteiger partial charge in [0.2, 0.25) is 15.9 Å². The Labute approximate surface area is 201 Å². The van der Waals surface area contributed by atoms with Gasteiger partial charge in [0.1, 0.15) is 23.8 Å². The number of nitrogens with zero attached hydrogens (tertiary/aromatic N) is 3. The molecule has 1 N–H and O–H groups in total. The SMILES string of the molecule is O=C(NCc1cc(F)cc(-n2cc(C(F)(F)F)cn2)c1)C1CC(F)CN1S(=O)(=O)c1ccc(F)cc1. The van der Waals surface area contributed by atoms with Crippen LogP contribution >= 0.6 is 0 Å². The highest BCUT2D eigenvalue weighted by molar-refractivity contribution is 7.89. The minimum atomic E-state index is -4.64. The van der Waals surface area contributed by atoms with Crippen LogP contribution in [0.3, 0.4) is 0 Å². The van der Waals surface area contributed by atoms with E-state index in [1.807, 2.05) is 0 Å². The maximum atomic E-state index is 14.2. The number of benzene rings is 2. The lowest BCUT2D eigenvalue weighted by Gasteiger charge is -2.23. The Morgan fingerprint density at radius 3 is 2.42 bits per heavy atom. The summed E-state index contributed by atoms with van der Waals surface area (Å²) in [5.41, 5.74) is -0.934. The Morgan fingerprint density at radius 2 is 1.78 bits per heavy atom. The van der Waals surface area contributed by atoms with Gasteiger partial charge in [-0.1, -0.05) is 0 Å². The molecule has 1 saturated heterocycles. The first kappa shape index (κ1) is 25.7. The third kappa shape index (κ3) is 5.38. The number of alkyl halides is 4. The number of nitrogens with one attached hydrogen (secondary N) is 1. The normalized spacial score (nSPS) is 18.9. The third-order valence-electron chi connectivity index (χ3n) is 5.51. The van der Waals surface area contributed by atoms with Gasteiger partial charge in [-0.05, 0) is 48.0 Å². The highest BCUT2D eigenvalue weighted by atomic mass is 32.2. The molecule has 14 heteroatoms. The molecule has 2 atom stereocenters. The van der Waals surface area contributed by atoms with Crippen molar-refractivity contribution in [3.63, 3.8) is 0 Å². The summed E-state index contributed by atoms with van der Waals surface area (Å²) in [6.07, 6.45) is -5.43. The molecule has 1 aliphatic heterocycles. The predicted molar refractivity (Wildman–Crippen MR) is 114 cm³/mol. The van der Waals surface area contributed by atoms with E-state index in [1.54, 1.807) is 0 Å². The first-order valence-corrected chi connectivity index (χ1v) is 11.9. The van der Waals surface area contributed by atoms with Gasteiger partial charge in [-0.25, -0.2) is 26.3 Å². The highest BCUT2D eigenvalue weighted by Gasteiger charge is 2.44. The molecule has 0 saturated carbocycles. The summed E-state index contributed by atoms with van der Waals surface area (Å²) in [4.78, 5) is 12.5. The van der Waals surface area contributed by atoms with Crippen molar-refractivity contribution in [1.29, 1.82) is 0 Å². The first-order valence-electron chi connectivity index (χ1n) is 10.5. The van der Waals surface area contributed by atoms with Crippen LogP contribution in [0, 0.1) is 11.6 Å². The summed E-state index contributed by atoms with van der Waals surface area (Å²) in [5, 5.41) is 5.99. The summed E-state index contributed by atoms with van der Waals surface area (Å²) >= 11 is 0. The molecule has 1 amide bonds. The molecule has 0 radical (unpaired) electrons. The molecule has 0 spiro atoms. The second-order valence-corrected chi connectivity index (χ2v) is 9.97. The fourth-order valence-electron chi connectivity index (χ4n) is 3.79. The van der Waals surface area contributed by atoms with E-state index in [-0.39, 0.29) is 22.7 Å². The van der Waals surface area contributed by atoms with Crippen LogP contribution in [-0.2, 0) is 27.5 Å². The number of carbonyl (C=O) groups is 1. The number of halogens is 6. The van der Waals surface area contributed by atoms with Gasteiger partial charge in [-0.3, -0.25) is 4.79 Å². The van der Waals surface area contributed by atoms with Gasteiger partial charge in [-0.2, -0.15) is 22.6 Å². The van der Waals surface area contributed by atoms with Crippen molar-refractivity contribution in [1.82, 2.24) is 19.4 Å². The number of rotatable bonds is 6. The van der Waals surface area contributed by atoms with Crippen LogP contribution in [0.5, 0.6) is 0 Å². The Morgan fingerprint density at radius 1 is 1.08 bits per heavy atom. The van der Waals surface area contributed by atoms with E-state index in [0.717, 1.165) is 41.1 Å². The van der Waals surface area contributed by atoms with Gasteiger partial charge in [-0.15, -0.1) is 0 Å². The molecule has 2 unspecified atom stereocenters. The molecular formula is C22H18F6N4O3S. The molecule has 3 aromatic rings. The van der Waals surface area contributed by atoms with Crippen molar-refractivity contribution < 1.29 is 39.6 Å². The molecule has 36 heavy (non-hydrogen) atoms. The number of amides is 1. The molecule has 2 heterocycles. The van der Waals surface area contributed by atoms with Gasteiger partial charge in [0.05, 0.1) is 22.3 Å². The van der Waals surface area contributed by atoms with E-state index in [9.17, 15) is 39.6 Å². The number of carbonyl (C=O) groups excluding carboxylic acids is 1. The van der Waals surface area contributed by atoms with Gasteiger partial charge < -0.3 is 5.32 Å². The molecule has 4 rings (SSSR count). The largest absolute Gasteiger partial charge is 0.419 e. The van der Waals surface area contributed by atoms with Crippen LogP contribution in [-0.4, -0.2) is 47.2 Å². The molecule has 2 aromatic carbocycles. The van der Waals surface area contributed by atoms with Gasteiger partial charge in [0, 0.05) is 25.7 Å². The Kier molecular flexibility index (Phi) is 6.84. The highest BCUT2D eigenvalue weighted by Crippen LogP contribution is 2.30.